The quantitative estimate of drug-likeness (QED) is 0.369. The first kappa shape index (κ1) is 25.1. The first-order chi connectivity index (χ1) is 16.6. The molecule has 3 rings (SSSR count). The molecule has 0 aliphatic heterocycles. The second-order valence-electron chi connectivity index (χ2n) is 7.52. The molecule has 3 aromatic carbocycles. The average Bonchev–Trinajstić information content (AvgIpc) is 2.88. The Balaban J connectivity index is 1.83. The van der Waals surface area contributed by atoms with Gasteiger partial charge in [-0.05, 0) is 65.1 Å². The van der Waals surface area contributed by atoms with Crippen LogP contribution in [0.25, 0.3) is 0 Å². The first-order valence-corrected chi connectivity index (χ1v) is 10.8. The Bertz CT molecular complexity index is 1090. The lowest BCUT2D eigenvalue weighted by atomic mass is 9.98. The van der Waals surface area contributed by atoms with E-state index in [9.17, 15) is 0 Å². The molecule has 3 aromatic rings. The van der Waals surface area contributed by atoms with E-state index in [-0.39, 0.29) is 0 Å². The highest BCUT2D eigenvalue weighted by Gasteiger charge is 2.14. The van der Waals surface area contributed by atoms with Crippen LogP contribution in [0.3, 0.4) is 0 Å². The average molecular weight is 469 g/mol. The third kappa shape index (κ3) is 5.85. The van der Waals surface area contributed by atoms with Crippen LogP contribution in [-0.4, -0.2) is 42.7 Å². The summed E-state index contributed by atoms with van der Waals surface area (Å²) in [7, 11) is 9.74. The van der Waals surface area contributed by atoms with Gasteiger partial charge in [-0.25, -0.2) is 0 Å². The lowest BCUT2D eigenvalue weighted by Crippen LogP contribution is -2.03. The fourth-order valence-electron chi connectivity index (χ4n) is 3.72. The normalized spacial score (nSPS) is 10.5. The molecule has 182 valence electrons. The van der Waals surface area contributed by atoms with Crippen LogP contribution in [-0.2, 0) is 24.4 Å². The van der Waals surface area contributed by atoms with Crippen molar-refractivity contribution in [1.29, 1.82) is 0 Å². The number of ether oxygens (including phenoxy) is 7. The molecular weight excluding hydrogens is 436 g/mol. The maximum atomic E-state index is 6.07. The van der Waals surface area contributed by atoms with E-state index in [1.165, 1.54) is 0 Å². The van der Waals surface area contributed by atoms with Crippen LogP contribution in [0.2, 0.25) is 0 Å². The molecule has 0 unspecified atom stereocenters. The van der Waals surface area contributed by atoms with Gasteiger partial charge in [-0.3, -0.25) is 0 Å². The monoisotopic (exact) mass is 468 g/mol. The predicted octanol–water partition coefficient (Wildman–Crippen LogP) is 5.05. The lowest BCUT2D eigenvalue weighted by molar-refractivity contribution is 0.106. The third-order valence-corrected chi connectivity index (χ3v) is 5.52. The van der Waals surface area contributed by atoms with Crippen LogP contribution < -0.4 is 28.4 Å². The Hall–Kier alpha value is -3.58. The number of benzene rings is 3. The van der Waals surface area contributed by atoms with Gasteiger partial charge in [-0.1, -0.05) is 12.1 Å². The van der Waals surface area contributed by atoms with Crippen molar-refractivity contribution in [3.8, 4) is 34.5 Å². The maximum Gasteiger partial charge on any atom is 0.161 e. The Morgan fingerprint density at radius 2 is 0.882 bits per heavy atom. The molecule has 0 aliphatic carbocycles. The first-order valence-electron chi connectivity index (χ1n) is 10.8. The summed E-state index contributed by atoms with van der Waals surface area (Å²) < 4.78 is 38.6. The molecule has 0 aliphatic rings. The van der Waals surface area contributed by atoms with Crippen LogP contribution in [0.15, 0.2) is 48.5 Å². The van der Waals surface area contributed by atoms with Gasteiger partial charge in [-0.15, -0.1) is 0 Å². The number of hydrogen-bond donors (Lipinski definition) is 0. The van der Waals surface area contributed by atoms with E-state index in [4.69, 9.17) is 33.2 Å². The van der Waals surface area contributed by atoms with Crippen LogP contribution in [0.1, 0.15) is 22.3 Å². The summed E-state index contributed by atoms with van der Waals surface area (Å²) in [6.45, 7) is 0.821. The fraction of sp³-hybridized carbons (Fsp3) is 0.333. The van der Waals surface area contributed by atoms with E-state index >= 15 is 0 Å². The second kappa shape index (κ2) is 12.0. The molecule has 0 spiro atoms. The van der Waals surface area contributed by atoms with Crippen molar-refractivity contribution in [2.24, 2.45) is 0 Å². The molecule has 0 radical (unpaired) electrons. The van der Waals surface area contributed by atoms with Crippen molar-refractivity contribution in [2.45, 2.75) is 19.6 Å². The van der Waals surface area contributed by atoms with E-state index in [0.717, 1.165) is 22.3 Å². The van der Waals surface area contributed by atoms with Gasteiger partial charge >= 0.3 is 0 Å². The van der Waals surface area contributed by atoms with E-state index in [2.05, 4.69) is 0 Å². The van der Waals surface area contributed by atoms with Gasteiger partial charge in [0.2, 0.25) is 0 Å². The van der Waals surface area contributed by atoms with Gasteiger partial charge in [-0.2, -0.15) is 0 Å². The van der Waals surface area contributed by atoms with Crippen molar-refractivity contribution >= 4 is 0 Å². The summed E-state index contributed by atoms with van der Waals surface area (Å²) in [4.78, 5) is 0. The summed E-state index contributed by atoms with van der Waals surface area (Å²) >= 11 is 0. The molecule has 0 bridgehead atoms. The standard InChI is InChI=1S/C27H32O7/c1-28-22-9-7-18(12-24(22)30-3)11-20-14-26(32-5)27(33-6)15-21(20)17-34-16-19-8-10-23(29-2)25(13-19)31-4/h7-10,12-15H,11,16-17H2,1-6H3. The van der Waals surface area contributed by atoms with Crippen LogP contribution in [0, 0.1) is 0 Å². The second-order valence-corrected chi connectivity index (χ2v) is 7.52. The van der Waals surface area contributed by atoms with E-state index < -0.39 is 0 Å². The molecule has 0 amide bonds. The zero-order valence-corrected chi connectivity index (χ0v) is 20.6. The minimum Gasteiger partial charge on any atom is -0.493 e. The van der Waals surface area contributed by atoms with E-state index in [0.29, 0.717) is 54.1 Å². The van der Waals surface area contributed by atoms with Gasteiger partial charge in [0.05, 0.1) is 55.9 Å². The Morgan fingerprint density at radius 3 is 1.41 bits per heavy atom. The fourth-order valence-corrected chi connectivity index (χ4v) is 3.72. The molecule has 0 N–H and O–H groups in total. The zero-order valence-electron chi connectivity index (χ0n) is 20.6. The van der Waals surface area contributed by atoms with Crippen LogP contribution in [0.4, 0.5) is 0 Å². The predicted molar refractivity (Wildman–Crippen MR) is 130 cm³/mol. The highest BCUT2D eigenvalue weighted by Crippen LogP contribution is 2.34. The highest BCUT2D eigenvalue weighted by atomic mass is 16.5. The molecule has 0 atom stereocenters. The number of methoxy groups -OCH3 is 6. The van der Waals surface area contributed by atoms with Crippen molar-refractivity contribution in [3.05, 3.63) is 70.8 Å². The topological polar surface area (TPSA) is 64.6 Å². The Labute approximate surface area is 201 Å². The zero-order chi connectivity index (χ0) is 24.5. The maximum absolute atomic E-state index is 6.07. The van der Waals surface area contributed by atoms with Crippen LogP contribution >= 0.6 is 0 Å². The summed E-state index contributed by atoms with van der Waals surface area (Å²) in [6.07, 6.45) is 0.662. The molecule has 7 nitrogen and oxygen atoms in total. The van der Waals surface area contributed by atoms with Crippen molar-refractivity contribution < 1.29 is 33.2 Å². The Kier molecular flexibility index (Phi) is 8.87. The third-order valence-electron chi connectivity index (χ3n) is 5.52. The minimum absolute atomic E-state index is 0.400. The SMILES string of the molecule is COc1ccc(COCc2cc(OC)c(OC)cc2Cc2ccc(OC)c(OC)c2)cc1OC. The largest absolute Gasteiger partial charge is 0.493 e. The van der Waals surface area contributed by atoms with Crippen molar-refractivity contribution in [2.75, 3.05) is 42.7 Å². The van der Waals surface area contributed by atoms with Crippen LogP contribution in [0.5, 0.6) is 34.5 Å². The van der Waals surface area contributed by atoms with E-state index in [1.807, 2.05) is 48.5 Å². The van der Waals surface area contributed by atoms with Gasteiger partial charge in [0.1, 0.15) is 0 Å². The molecular formula is C27H32O7. The highest BCUT2D eigenvalue weighted by molar-refractivity contribution is 5.50. The van der Waals surface area contributed by atoms with Crippen molar-refractivity contribution in [3.63, 3.8) is 0 Å². The Morgan fingerprint density at radius 1 is 0.441 bits per heavy atom. The molecule has 0 saturated carbocycles. The van der Waals surface area contributed by atoms with Gasteiger partial charge in [0.15, 0.2) is 34.5 Å². The molecule has 0 fully saturated rings. The molecule has 34 heavy (non-hydrogen) atoms. The minimum atomic E-state index is 0.400. The van der Waals surface area contributed by atoms with Gasteiger partial charge in [0, 0.05) is 0 Å². The molecule has 0 saturated heterocycles. The van der Waals surface area contributed by atoms with Crippen molar-refractivity contribution in [1.82, 2.24) is 0 Å². The lowest BCUT2D eigenvalue weighted by Gasteiger charge is -2.16. The molecule has 0 aromatic heterocycles. The number of rotatable bonds is 12. The number of hydrogen-bond acceptors (Lipinski definition) is 7. The summed E-state index contributed by atoms with van der Waals surface area (Å²) in [5, 5.41) is 0. The smallest absolute Gasteiger partial charge is 0.161 e. The van der Waals surface area contributed by atoms with Gasteiger partial charge < -0.3 is 33.2 Å². The molecule has 0 heterocycles. The van der Waals surface area contributed by atoms with Gasteiger partial charge in [0.25, 0.3) is 0 Å². The molecule has 7 heteroatoms. The van der Waals surface area contributed by atoms with E-state index in [1.54, 1.807) is 42.7 Å². The summed E-state index contributed by atoms with van der Waals surface area (Å²) in [5.74, 6) is 4.06. The summed E-state index contributed by atoms with van der Waals surface area (Å²) in [5.41, 5.74) is 4.13. The summed E-state index contributed by atoms with van der Waals surface area (Å²) in [6, 6.07) is 15.6.